The van der Waals surface area contributed by atoms with Gasteiger partial charge < -0.3 is 0 Å². The first kappa shape index (κ1) is 9.77. The molecule has 86 valence electrons. The molecule has 0 nitrogen and oxygen atoms in total. The van der Waals surface area contributed by atoms with Crippen molar-refractivity contribution in [1.29, 1.82) is 0 Å². The third kappa shape index (κ3) is 1.07. The van der Waals surface area contributed by atoms with Gasteiger partial charge in [-0.05, 0) is 33.5 Å². The molecule has 0 N–H and O–H groups in total. The van der Waals surface area contributed by atoms with Crippen LogP contribution in [-0.4, -0.2) is 0 Å². The molecule has 0 unspecified atom stereocenters. The Morgan fingerprint density at radius 3 is 2.22 bits per heavy atom. The lowest BCUT2D eigenvalue weighted by atomic mass is 10.0. The molecule has 0 bridgehead atoms. The predicted octanol–water partition coefficient (Wildman–Crippen LogP) is 4.77. The maximum atomic E-state index is 14.0. The van der Waals surface area contributed by atoms with E-state index in [2.05, 4.69) is 0 Å². The number of hydrogen-bond acceptors (Lipinski definition) is 0. The molecule has 0 fully saturated rings. The lowest BCUT2D eigenvalue weighted by Gasteiger charge is -2.03. The van der Waals surface area contributed by atoms with Crippen LogP contribution in [0.3, 0.4) is 0 Å². The minimum absolute atomic E-state index is 0.492. The van der Waals surface area contributed by atoms with Crippen LogP contribution in [0.25, 0.3) is 33.0 Å². The Hall–Kier alpha value is -2.22. The van der Waals surface area contributed by atoms with Crippen LogP contribution in [0.1, 0.15) is 0 Å². The quantitative estimate of drug-likeness (QED) is 0.414. The standard InChI is InChI=1S/C16H8F2/c17-10-7-13-11-5-1-3-9-4-2-6-12(15(9)11)16(13)14(18)8-10/h1-8H. The van der Waals surface area contributed by atoms with Gasteiger partial charge in [0, 0.05) is 11.6 Å². The highest BCUT2D eigenvalue weighted by molar-refractivity contribution is 6.15. The van der Waals surface area contributed by atoms with Gasteiger partial charge >= 0.3 is 0 Å². The molecule has 0 amide bonds. The second-order valence-electron chi connectivity index (χ2n) is 4.52. The van der Waals surface area contributed by atoms with Gasteiger partial charge in [-0.1, -0.05) is 36.4 Å². The molecular formula is C16H8F2. The number of rotatable bonds is 0. The van der Waals surface area contributed by atoms with E-state index in [0.717, 1.165) is 28.0 Å². The highest BCUT2D eigenvalue weighted by Crippen LogP contribution is 2.48. The predicted molar refractivity (Wildman–Crippen MR) is 68.3 cm³/mol. The zero-order valence-corrected chi connectivity index (χ0v) is 9.37. The summed E-state index contributed by atoms with van der Waals surface area (Å²) in [6, 6.07) is 14.0. The fourth-order valence-electron chi connectivity index (χ4n) is 2.83. The minimum Gasteiger partial charge on any atom is -0.207 e. The second-order valence-corrected chi connectivity index (χ2v) is 4.52. The van der Waals surface area contributed by atoms with E-state index in [1.54, 1.807) is 0 Å². The average Bonchev–Trinajstić information content (AvgIpc) is 2.67. The molecule has 3 aromatic carbocycles. The molecule has 2 heteroatoms. The van der Waals surface area contributed by atoms with Gasteiger partial charge in [-0.3, -0.25) is 0 Å². The summed E-state index contributed by atoms with van der Waals surface area (Å²) in [6.07, 6.45) is 0. The molecular weight excluding hydrogens is 230 g/mol. The molecule has 0 aromatic heterocycles. The molecule has 0 heterocycles. The normalized spacial score (nSPS) is 11.9. The molecule has 3 aromatic rings. The first-order valence-corrected chi connectivity index (χ1v) is 5.77. The van der Waals surface area contributed by atoms with Gasteiger partial charge in [-0.2, -0.15) is 0 Å². The molecule has 0 atom stereocenters. The van der Waals surface area contributed by atoms with Crippen LogP contribution in [0.5, 0.6) is 0 Å². The van der Waals surface area contributed by atoms with Crippen LogP contribution in [0.4, 0.5) is 8.78 Å². The Balaban J connectivity index is 2.28. The van der Waals surface area contributed by atoms with Crippen molar-refractivity contribution in [3.05, 3.63) is 60.2 Å². The summed E-state index contributed by atoms with van der Waals surface area (Å²) in [5, 5.41) is 2.07. The number of benzene rings is 3. The highest BCUT2D eigenvalue weighted by Gasteiger charge is 2.24. The Kier molecular flexibility index (Phi) is 1.72. The number of hydrogen-bond donors (Lipinski definition) is 0. The van der Waals surface area contributed by atoms with E-state index in [9.17, 15) is 8.78 Å². The van der Waals surface area contributed by atoms with E-state index < -0.39 is 11.6 Å². The Morgan fingerprint density at radius 1 is 0.722 bits per heavy atom. The molecule has 0 spiro atoms. The highest BCUT2D eigenvalue weighted by atomic mass is 19.1. The van der Waals surface area contributed by atoms with Crippen LogP contribution in [0.2, 0.25) is 0 Å². The molecule has 4 rings (SSSR count). The maximum Gasteiger partial charge on any atom is 0.134 e. The third-order valence-electron chi connectivity index (χ3n) is 3.52. The van der Waals surface area contributed by atoms with Crippen molar-refractivity contribution in [2.24, 2.45) is 0 Å². The zero-order chi connectivity index (χ0) is 12.3. The van der Waals surface area contributed by atoms with Gasteiger partial charge in [0.25, 0.3) is 0 Å². The van der Waals surface area contributed by atoms with Crippen molar-refractivity contribution < 1.29 is 8.78 Å². The van der Waals surface area contributed by atoms with Crippen LogP contribution in [-0.2, 0) is 0 Å². The summed E-state index contributed by atoms with van der Waals surface area (Å²) >= 11 is 0. The van der Waals surface area contributed by atoms with E-state index in [-0.39, 0.29) is 0 Å². The lowest BCUT2D eigenvalue weighted by molar-refractivity contribution is 0.587. The van der Waals surface area contributed by atoms with Crippen molar-refractivity contribution in [1.82, 2.24) is 0 Å². The number of fused-ring (bicyclic) bond motifs is 3. The fourth-order valence-corrected chi connectivity index (χ4v) is 2.83. The fraction of sp³-hybridized carbons (Fsp3) is 0. The van der Waals surface area contributed by atoms with Gasteiger partial charge in [0.15, 0.2) is 0 Å². The molecule has 18 heavy (non-hydrogen) atoms. The molecule has 1 aliphatic rings. The molecule has 0 saturated heterocycles. The van der Waals surface area contributed by atoms with E-state index in [1.165, 1.54) is 6.07 Å². The van der Waals surface area contributed by atoms with Gasteiger partial charge in [0.1, 0.15) is 11.6 Å². The summed E-state index contributed by atoms with van der Waals surface area (Å²) in [5.74, 6) is -1.02. The summed E-state index contributed by atoms with van der Waals surface area (Å²) in [6.45, 7) is 0. The summed E-state index contributed by atoms with van der Waals surface area (Å²) in [5.41, 5.74) is 2.94. The monoisotopic (exact) mass is 238 g/mol. The van der Waals surface area contributed by atoms with Crippen molar-refractivity contribution in [2.45, 2.75) is 0 Å². The van der Waals surface area contributed by atoms with E-state index >= 15 is 0 Å². The number of halogens is 2. The van der Waals surface area contributed by atoms with Crippen LogP contribution in [0, 0.1) is 11.6 Å². The lowest BCUT2D eigenvalue weighted by Crippen LogP contribution is -1.86. The van der Waals surface area contributed by atoms with Crippen molar-refractivity contribution in [3.8, 4) is 22.3 Å². The summed E-state index contributed by atoms with van der Waals surface area (Å²) in [4.78, 5) is 0. The zero-order valence-electron chi connectivity index (χ0n) is 9.37. The van der Waals surface area contributed by atoms with Crippen molar-refractivity contribution >= 4 is 10.8 Å². The van der Waals surface area contributed by atoms with Crippen LogP contribution < -0.4 is 0 Å². The van der Waals surface area contributed by atoms with Crippen molar-refractivity contribution in [3.63, 3.8) is 0 Å². The van der Waals surface area contributed by atoms with E-state index in [1.807, 2.05) is 36.4 Å². The van der Waals surface area contributed by atoms with E-state index in [4.69, 9.17) is 0 Å². The molecule has 0 radical (unpaired) electrons. The minimum atomic E-state index is -0.531. The molecule has 1 aliphatic carbocycles. The average molecular weight is 238 g/mol. The Bertz CT molecular complexity index is 798. The molecule has 0 saturated carbocycles. The largest absolute Gasteiger partial charge is 0.207 e. The topological polar surface area (TPSA) is 0 Å². The summed E-state index contributed by atoms with van der Waals surface area (Å²) in [7, 11) is 0. The molecule has 0 aliphatic heterocycles. The maximum absolute atomic E-state index is 14.0. The van der Waals surface area contributed by atoms with Gasteiger partial charge in [0.05, 0.1) is 0 Å². The van der Waals surface area contributed by atoms with Crippen LogP contribution >= 0.6 is 0 Å². The van der Waals surface area contributed by atoms with E-state index in [0.29, 0.717) is 11.1 Å². The second kappa shape index (κ2) is 3.16. The van der Waals surface area contributed by atoms with Gasteiger partial charge in [0.2, 0.25) is 0 Å². The third-order valence-corrected chi connectivity index (χ3v) is 3.52. The van der Waals surface area contributed by atoms with Gasteiger partial charge in [-0.25, -0.2) is 8.78 Å². The van der Waals surface area contributed by atoms with Crippen LogP contribution in [0.15, 0.2) is 48.5 Å². The SMILES string of the molecule is Fc1cc(F)c2c(c1)-c1cccc3cccc-2c13. The first-order chi connectivity index (χ1) is 8.75. The van der Waals surface area contributed by atoms with Gasteiger partial charge in [-0.15, -0.1) is 0 Å². The summed E-state index contributed by atoms with van der Waals surface area (Å²) < 4.78 is 27.4. The Morgan fingerprint density at radius 2 is 1.44 bits per heavy atom. The smallest absolute Gasteiger partial charge is 0.134 e. The van der Waals surface area contributed by atoms with Crippen molar-refractivity contribution in [2.75, 3.05) is 0 Å². The first-order valence-electron chi connectivity index (χ1n) is 5.77. The Labute approximate surface area is 102 Å².